The van der Waals surface area contributed by atoms with Crippen LogP contribution in [0.5, 0.6) is 0 Å². The van der Waals surface area contributed by atoms with Gasteiger partial charge >= 0.3 is 0 Å². The van der Waals surface area contributed by atoms with E-state index in [1.54, 1.807) is 12.1 Å². The summed E-state index contributed by atoms with van der Waals surface area (Å²) in [7, 11) is 0. The highest BCUT2D eigenvalue weighted by molar-refractivity contribution is 6.34. The molecular formula is C14H18ClNO2. The van der Waals surface area contributed by atoms with Gasteiger partial charge in [0.1, 0.15) is 0 Å². The second-order valence-electron chi connectivity index (χ2n) is 4.97. The Balaban J connectivity index is 1.98. The van der Waals surface area contributed by atoms with E-state index in [1.807, 2.05) is 24.0 Å². The molecule has 4 heteroatoms. The molecule has 1 fully saturated rings. The molecule has 1 N–H and O–H groups in total. The van der Waals surface area contributed by atoms with E-state index < -0.39 is 0 Å². The molecular weight excluding hydrogens is 250 g/mol. The Bertz CT molecular complexity index is 436. The predicted molar refractivity (Wildman–Crippen MR) is 72.0 cm³/mol. The SMILES string of the molecule is CC1CCN(CC(=O)c2ccccc2Cl)CC1O. The van der Waals surface area contributed by atoms with Gasteiger partial charge in [0, 0.05) is 12.1 Å². The molecule has 0 spiro atoms. The molecule has 98 valence electrons. The fraction of sp³-hybridized carbons (Fsp3) is 0.500. The highest BCUT2D eigenvalue weighted by Gasteiger charge is 2.25. The van der Waals surface area contributed by atoms with Crippen LogP contribution in [0.1, 0.15) is 23.7 Å². The van der Waals surface area contributed by atoms with Crippen molar-refractivity contribution in [3.63, 3.8) is 0 Å². The fourth-order valence-corrected chi connectivity index (χ4v) is 2.47. The number of piperidine rings is 1. The number of Topliss-reactive ketones (excluding diaryl/α,β-unsaturated/α-hetero) is 1. The van der Waals surface area contributed by atoms with Gasteiger partial charge in [-0.1, -0.05) is 30.7 Å². The summed E-state index contributed by atoms with van der Waals surface area (Å²) in [5.74, 6) is 0.332. The van der Waals surface area contributed by atoms with E-state index in [-0.39, 0.29) is 11.9 Å². The number of carbonyl (C=O) groups is 1. The predicted octanol–water partition coefficient (Wildman–Crippen LogP) is 2.23. The first kappa shape index (κ1) is 13.5. The number of rotatable bonds is 3. The van der Waals surface area contributed by atoms with Crippen LogP contribution >= 0.6 is 11.6 Å². The Kier molecular flexibility index (Phi) is 4.38. The summed E-state index contributed by atoms with van der Waals surface area (Å²) in [6.45, 7) is 3.79. The lowest BCUT2D eigenvalue weighted by Crippen LogP contribution is -2.44. The van der Waals surface area contributed by atoms with Gasteiger partial charge in [0.05, 0.1) is 17.7 Å². The third-order valence-electron chi connectivity index (χ3n) is 3.54. The summed E-state index contributed by atoms with van der Waals surface area (Å²) in [5, 5.41) is 10.3. The van der Waals surface area contributed by atoms with Crippen molar-refractivity contribution in [1.29, 1.82) is 0 Å². The number of benzene rings is 1. The summed E-state index contributed by atoms with van der Waals surface area (Å²) in [6.07, 6.45) is 0.592. The maximum Gasteiger partial charge on any atom is 0.178 e. The van der Waals surface area contributed by atoms with Crippen molar-refractivity contribution in [1.82, 2.24) is 4.90 Å². The van der Waals surface area contributed by atoms with Gasteiger partial charge in [-0.05, 0) is 31.0 Å². The van der Waals surface area contributed by atoms with Crippen LogP contribution < -0.4 is 0 Å². The van der Waals surface area contributed by atoms with Gasteiger partial charge in [-0.15, -0.1) is 0 Å². The molecule has 0 saturated carbocycles. The summed E-state index contributed by atoms with van der Waals surface area (Å²) in [5.41, 5.74) is 0.562. The number of aliphatic hydroxyl groups excluding tert-OH is 1. The molecule has 18 heavy (non-hydrogen) atoms. The first-order valence-electron chi connectivity index (χ1n) is 6.26. The second kappa shape index (κ2) is 5.83. The van der Waals surface area contributed by atoms with Crippen LogP contribution in [0.4, 0.5) is 0 Å². The second-order valence-corrected chi connectivity index (χ2v) is 5.38. The average molecular weight is 268 g/mol. The molecule has 0 aromatic heterocycles. The molecule has 1 aromatic rings. The topological polar surface area (TPSA) is 40.5 Å². The normalized spacial score (nSPS) is 25.1. The van der Waals surface area contributed by atoms with Crippen LogP contribution in [0, 0.1) is 5.92 Å². The zero-order valence-corrected chi connectivity index (χ0v) is 11.2. The third-order valence-corrected chi connectivity index (χ3v) is 3.87. The number of β-amino-alcohol motifs (C(OH)–C–C–N with tert-alkyl or cyclic N) is 1. The lowest BCUT2D eigenvalue weighted by Gasteiger charge is -2.33. The van der Waals surface area contributed by atoms with Crippen LogP contribution in [0.15, 0.2) is 24.3 Å². The highest BCUT2D eigenvalue weighted by atomic mass is 35.5. The van der Waals surface area contributed by atoms with E-state index in [9.17, 15) is 9.90 Å². The van der Waals surface area contributed by atoms with Crippen LogP contribution in [-0.4, -0.2) is 41.5 Å². The molecule has 1 aliphatic heterocycles. The van der Waals surface area contributed by atoms with Crippen LogP contribution in [-0.2, 0) is 0 Å². The number of likely N-dealkylation sites (tertiary alicyclic amines) is 1. The van der Waals surface area contributed by atoms with Gasteiger partial charge in [0.25, 0.3) is 0 Å². The van der Waals surface area contributed by atoms with Gasteiger partial charge in [-0.25, -0.2) is 0 Å². The highest BCUT2D eigenvalue weighted by Crippen LogP contribution is 2.19. The van der Waals surface area contributed by atoms with Gasteiger partial charge in [0.15, 0.2) is 5.78 Å². The molecule has 0 radical (unpaired) electrons. The number of aliphatic hydroxyl groups is 1. The van der Waals surface area contributed by atoms with Gasteiger partial charge in [-0.3, -0.25) is 9.69 Å². The van der Waals surface area contributed by atoms with Crippen molar-refractivity contribution in [3.05, 3.63) is 34.9 Å². The first-order valence-corrected chi connectivity index (χ1v) is 6.64. The van der Waals surface area contributed by atoms with Crippen LogP contribution in [0.2, 0.25) is 5.02 Å². The number of halogens is 1. The van der Waals surface area contributed by atoms with E-state index in [0.29, 0.717) is 29.6 Å². The van der Waals surface area contributed by atoms with Crippen molar-refractivity contribution in [2.24, 2.45) is 5.92 Å². The van der Waals surface area contributed by atoms with E-state index in [2.05, 4.69) is 0 Å². The monoisotopic (exact) mass is 267 g/mol. The molecule has 0 bridgehead atoms. The van der Waals surface area contributed by atoms with Crippen molar-refractivity contribution in [2.75, 3.05) is 19.6 Å². The summed E-state index contributed by atoms with van der Waals surface area (Å²) in [6, 6.07) is 7.09. The van der Waals surface area contributed by atoms with Crippen molar-refractivity contribution >= 4 is 17.4 Å². The van der Waals surface area contributed by atoms with E-state index in [4.69, 9.17) is 11.6 Å². The Labute approximate surface area is 112 Å². The minimum Gasteiger partial charge on any atom is -0.392 e. The Morgan fingerprint density at radius 3 is 2.89 bits per heavy atom. The molecule has 1 aliphatic rings. The van der Waals surface area contributed by atoms with E-state index in [1.165, 1.54) is 0 Å². The molecule has 1 heterocycles. The third kappa shape index (κ3) is 3.10. The zero-order chi connectivity index (χ0) is 13.1. The Hall–Kier alpha value is -0.900. The fourth-order valence-electron chi connectivity index (χ4n) is 2.23. The molecule has 2 rings (SSSR count). The number of ketones is 1. The maximum atomic E-state index is 12.1. The largest absolute Gasteiger partial charge is 0.392 e. The van der Waals surface area contributed by atoms with Crippen LogP contribution in [0.3, 0.4) is 0 Å². The van der Waals surface area contributed by atoms with E-state index in [0.717, 1.165) is 13.0 Å². The summed E-state index contributed by atoms with van der Waals surface area (Å²) in [4.78, 5) is 14.1. The maximum absolute atomic E-state index is 12.1. The quantitative estimate of drug-likeness (QED) is 0.854. The van der Waals surface area contributed by atoms with Crippen molar-refractivity contribution in [2.45, 2.75) is 19.4 Å². The minimum absolute atomic E-state index is 0.0161. The van der Waals surface area contributed by atoms with Crippen molar-refractivity contribution in [3.8, 4) is 0 Å². The lowest BCUT2D eigenvalue weighted by molar-refractivity contribution is 0.0295. The molecule has 2 atom stereocenters. The van der Waals surface area contributed by atoms with Gasteiger partial charge in [-0.2, -0.15) is 0 Å². The zero-order valence-electron chi connectivity index (χ0n) is 10.5. The Morgan fingerprint density at radius 2 is 2.22 bits per heavy atom. The molecule has 0 amide bonds. The first-order chi connectivity index (χ1) is 8.58. The van der Waals surface area contributed by atoms with E-state index >= 15 is 0 Å². The lowest BCUT2D eigenvalue weighted by atomic mass is 9.95. The average Bonchev–Trinajstić information content (AvgIpc) is 2.34. The molecule has 0 aliphatic carbocycles. The molecule has 1 aromatic carbocycles. The smallest absolute Gasteiger partial charge is 0.178 e. The molecule has 2 unspecified atom stereocenters. The number of hydrogen-bond donors (Lipinski definition) is 1. The van der Waals surface area contributed by atoms with Gasteiger partial charge < -0.3 is 5.11 Å². The van der Waals surface area contributed by atoms with Crippen molar-refractivity contribution < 1.29 is 9.90 Å². The Morgan fingerprint density at radius 1 is 1.50 bits per heavy atom. The number of hydrogen-bond acceptors (Lipinski definition) is 3. The molecule has 1 saturated heterocycles. The van der Waals surface area contributed by atoms with Crippen LogP contribution in [0.25, 0.3) is 0 Å². The number of carbonyl (C=O) groups excluding carboxylic acids is 1. The standard InChI is InChI=1S/C14H18ClNO2/c1-10-6-7-16(8-13(10)17)9-14(18)11-4-2-3-5-12(11)15/h2-5,10,13,17H,6-9H2,1H3. The van der Waals surface area contributed by atoms with Gasteiger partial charge in [0.2, 0.25) is 0 Å². The molecule has 3 nitrogen and oxygen atoms in total. The summed E-state index contributed by atoms with van der Waals surface area (Å²) >= 11 is 6.00. The minimum atomic E-state index is -0.335. The summed E-state index contributed by atoms with van der Waals surface area (Å²) < 4.78 is 0. The number of nitrogens with zero attached hydrogens (tertiary/aromatic N) is 1.